The molecular weight excluding hydrogens is 634 g/mol. The molecule has 2 fully saturated rings. The van der Waals surface area contributed by atoms with Gasteiger partial charge in [-0.25, -0.2) is 0 Å². The number of nitrogens with one attached hydrogen (secondary N) is 3. The Kier molecular flexibility index (Phi) is 20.9. The van der Waals surface area contributed by atoms with E-state index in [1.54, 1.807) is 0 Å². The van der Waals surface area contributed by atoms with Crippen LogP contribution in [0.15, 0.2) is 0 Å². The first kappa shape index (κ1) is 41.5. The summed E-state index contributed by atoms with van der Waals surface area (Å²) in [5, 5.41) is 67.4. The standard InChI is InChI=1S/C28H53N3O16/c1-17(34)30-21-25(38)23(36)19(15-32)46-27(21)44-13-11-42-9-7-40-5-3-29-4-6-41-8-10-43-12-14-45-28-22(31-18(2)35)26(39)24(37)20(16-33)47-28/h19-29,32-33,36-39H,3-16H2,1-2H3,(H,30,34)(H,31,35)/t19?,20?,21-,22?,23?,24?,25?,26?,27?,28?/m0/s1. The van der Waals surface area contributed by atoms with Crippen LogP contribution in [0.1, 0.15) is 13.8 Å². The van der Waals surface area contributed by atoms with Crippen LogP contribution in [0.5, 0.6) is 0 Å². The molecule has 276 valence electrons. The van der Waals surface area contributed by atoms with Crippen LogP contribution in [0, 0.1) is 0 Å². The van der Waals surface area contributed by atoms with Crippen molar-refractivity contribution in [1.29, 1.82) is 0 Å². The number of ether oxygens (including phenoxy) is 8. The van der Waals surface area contributed by atoms with Crippen LogP contribution in [-0.4, -0.2) is 196 Å². The highest BCUT2D eigenvalue weighted by Gasteiger charge is 2.46. The molecule has 0 radical (unpaired) electrons. The Labute approximate surface area is 273 Å². The topological polar surface area (TPSA) is 265 Å². The summed E-state index contributed by atoms with van der Waals surface area (Å²) in [4.78, 5) is 22.9. The summed E-state index contributed by atoms with van der Waals surface area (Å²) in [5.41, 5.74) is 0. The Hall–Kier alpha value is -1.66. The highest BCUT2D eigenvalue weighted by Crippen LogP contribution is 2.23. The van der Waals surface area contributed by atoms with Crippen LogP contribution in [0.3, 0.4) is 0 Å². The van der Waals surface area contributed by atoms with E-state index in [4.69, 9.17) is 37.9 Å². The normalized spacial score (nSPS) is 31.1. The average Bonchev–Trinajstić information content (AvgIpc) is 3.04. The molecule has 19 nitrogen and oxygen atoms in total. The van der Waals surface area contributed by atoms with Crippen molar-refractivity contribution in [3.05, 3.63) is 0 Å². The van der Waals surface area contributed by atoms with E-state index in [0.717, 1.165) is 0 Å². The van der Waals surface area contributed by atoms with E-state index in [1.165, 1.54) is 13.8 Å². The second kappa shape index (κ2) is 23.7. The van der Waals surface area contributed by atoms with Gasteiger partial charge in [-0.1, -0.05) is 0 Å². The van der Waals surface area contributed by atoms with Crippen LogP contribution in [0.25, 0.3) is 0 Å². The molecule has 0 bridgehead atoms. The maximum absolute atomic E-state index is 11.4. The van der Waals surface area contributed by atoms with Gasteiger partial charge < -0.3 is 84.5 Å². The zero-order valence-corrected chi connectivity index (χ0v) is 26.9. The molecule has 10 atom stereocenters. The predicted molar refractivity (Wildman–Crippen MR) is 159 cm³/mol. The smallest absolute Gasteiger partial charge is 0.217 e. The predicted octanol–water partition coefficient (Wildman–Crippen LogP) is -5.44. The van der Waals surface area contributed by atoms with E-state index in [9.17, 15) is 40.2 Å². The molecule has 9 unspecified atom stereocenters. The van der Waals surface area contributed by atoms with Gasteiger partial charge in [0.1, 0.15) is 48.7 Å². The van der Waals surface area contributed by atoms with Crippen molar-refractivity contribution in [2.45, 2.75) is 75.1 Å². The number of hydrogen-bond acceptors (Lipinski definition) is 17. The summed E-state index contributed by atoms with van der Waals surface area (Å²) in [6, 6.07) is -2.01. The summed E-state index contributed by atoms with van der Waals surface area (Å²) in [6.07, 6.45) is -9.73. The third-order valence-electron chi connectivity index (χ3n) is 7.11. The molecule has 0 aromatic rings. The summed E-state index contributed by atoms with van der Waals surface area (Å²) >= 11 is 0. The zero-order valence-electron chi connectivity index (χ0n) is 26.9. The van der Waals surface area contributed by atoms with Crippen molar-refractivity contribution >= 4 is 11.8 Å². The van der Waals surface area contributed by atoms with E-state index in [-0.39, 0.29) is 26.4 Å². The minimum atomic E-state index is -1.38. The lowest BCUT2D eigenvalue weighted by molar-refractivity contribution is -0.272. The van der Waals surface area contributed by atoms with Gasteiger partial charge in [0.05, 0.1) is 79.3 Å². The highest BCUT2D eigenvalue weighted by atomic mass is 16.7. The molecule has 0 aliphatic carbocycles. The summed E-state index contributed by atoms with van der Waals surface area (Å²) in [6.45, 7) is 5.52. The van der Waals surface area contributed by atoms with Crippen LogP contribution < -0.4 is 16.0 Å². The largest absolute Gasteiger partial charge is 0.394 e. The van der Waals surface area contributed by atoms with Gasteiger partial charge in [0.2, 0.25) is 11.8 Å². The molecule has 0 saturated carbocycles. The number of aliphatic hydroxyl groups excluding tert-OH is 6. The number of rotatable bonds is 24. The quantitative estimate of drug-likeness (QED) is 0.0429. The fraction of sp³-hybridized carbons (Fsp3) is 0.929. The molecule has 2 aliphatic rings. The maximum atomic E-state index is 11.4. The van der Waals surface area contributed by atoms with E-state index in [0.29, 0.717) is 52.7 Å². The molecule has 0 spiro atoms. The molecular formula is C28H53N3O16. The second-order valence-electron chi connectivity index (χ2n) is 10.8. The van der Waals surface area contributed by atoms with Crippen molar-refractivity contribution in [1.82, 2.24) is 16.0 Å². The molecule has 2 rings (SSSR count). The minimum absolute atomic E-state index is 0.0838. The number of amides is 2. The molecule has 2 heterocycles. The van der Waals surface area contributed by atoms with Crippen molar-refractivity contribution in [2.24, 2.45) is 0 Å². The van der Waals surface area contributed by atoms with Crippen molar-refractivity contribution in [2.75, 3.05) is 92.4 Å². The van der Waals surface area contributed by atoms with Crippen molar-refractivity contribution in [3.8, 4) is 0 Å². The van der Waals surface area contributed by atoms with Gasteiger partial charge >= 0.3 is 0 Å². The first-order valence-electron chi connectivity index (χ1n) is 15.6. The first-order valence-corrected chi connectivity index (χ1v) is 15.6. The summed E-state index contributed by atoms with van der Waals surface area (Å²) in [7, 11) is 0. The summed E-state index contributed by atoms with van der Waals surface area (Å²) < 4.78 is 44.0. The van der Waals surface area contributed by atoms with E-state index in [1.807, 2.05) is 0 Å². The number of hydrogen-bond donors (Lipinski definition) is 9. The zero-order chi connectivity index (χ0) is 34.6. The van der Waals surface area contributed by atoms with Crippen molar-refractivity contribution < 1.29 is 78.1 Å². The van der Waals surface area contributed by atoms with E-state index < -0.39 is 86.3 Å². The van der Waals surface area contributed by atoms with Crippen LogP contribution in [0.4, 0.5) is 0 Å². The third kappa shape index (κ3) is 15.2. The second-order valence-corrected chi connectivity index (χ2v) is 10.8. The summed E-state index contributed by atoms with van der Waals surface area (Å²) in [5.74, 6) is -0.866. The van der Waals surface area contributed by atoms with Gasteiger partial charge in [-0.15, -0.1) is 0 Å². The highest BCUT2D eigenvalue weighted by molar-refractivity contribution is 5.73. The number of carbonyl (C=O) groups excluding carboxylic acids is 2. The Morgan fingerprint density at radius 2 is 0.894 bits per heavy atom. The molecule has 2 amide bonds. The maximum Gasteiger partial charge on any atom is 0.217 e. The lowest BCUT2D eigenvalue weighted by atomic mass is 9.97. The minimum Gasteiger partial charge on any atom is -0.394 e. The molecule has 9 N–H and O–H groups in total. The van der Waals surface area contributed by atoms with Crippen LogP contribution in [0.2, 0.25) is 0 Å². The monoisotopic (exact) mass is 687 g/mol. The van der Waals surface area contributed by atoms with Gasteiger partial charge in [0.15, 0.2) is 12.6 Å². The number of carbonyl (C=O) groups is 2. The lowest BCUT2D eigenvalue weighted by Gasteiger charge is -2.42. The van der Waals surface area contributed by atoms with E-state index >= 15 is 0 Å². The lowest BCUT2D eigenvalue weighted by Crippen LogP contribution is -2.64. The van der Waals surface area contributed by atoms with Gasteiger partial charge in [-0.3, -0.25) is 9.59 Å². The van der Waals surface area contributed by atoms with Gasteiger partial charge in [-0.05, 0) is 0 Å². The molecule has 2 saturated heterocycles. The Balaban J connectivity index is 1.40. The Morgan fingerprint density at radius 1 is 0.553 bits per heavy atom. The van der Waals surface area contributed by atoms with Crippen LogP contribution >= 0.6 is 0 Å². The first-order chi connectivity index (χ1) is 22.6. The van der Waals surface area contributed by atoms with Gasteiger partial charge in [-0.2, -0.15) is 0 Å². The molecule has 0 aromatic carbocycles. The molecule has 47 heavy (non-hydrogen) atoms. The van der Waals surface area contributed by atoms with Crippen molar-refractivity contribution in [3.63, 3.8) is 0 Å². The molecule has 19 heteroatoms. The van der Waals surface area contributed by atoms with Crippen LogP contribution in [-0.2, 0) is 47.5 Å². The molecule has 0 aromatic heterocycles. The van der Waals surface area contributed by atoms with Gasteiger partial charge in [0.25, 0.3) is 0 Å². The fourth-order valence-corrected chi connectivity index (χ4v) is 4.73. The Morgan fingerprint density at radius 3 is 1.23 bits per heavy atom. The van der Waals surface area contributed by atoms with E-state index in [2.05, 4.69) is 16.0 Å². The Bertz CT molecular complexity index is 797. The fourth-order valence-electron chi connectivity index (χ4n) is 4.73. The molecule has 2 aliphatic heterocycles. The SMILES string of the molecule is CC(=O)NC1C(OCCOCCOCCNCCOCCOCCOC2OC(CO)C(O)C(O)[C@@H]2NC(C)=O)OC(CO)C(O)C1O. The third-order valence-corrected chi connectivity index (χ3v) is 7.11. The van der Waals surface area contributed by atoms with Gasteiger partial charge in [0, 0.05) is 26.9 Å². The average molecular weight is 688 g/mol. The number of aliphatic hydroxyl groups is 6.